The highest BCUT2D eigenvalue weighted by molar-refractivity contribution is 6.35. The van der Waals surface area contributed by atoms with Crippen LogP contribution >= 0.6 is 23.2 Å². The second kappa shape index (κ2) is 11.7. The van der Waals surface area contributed by atoms with Crippen LogP contribution in [-0.4, -0.2) is 35.7 Å². The number of nitrogens with one attached hydrogen (secondary N) is 2. The molecule has 7 nitrogen and oxygen atoms in total. The van der Waals surface area contributed by atoms with E-state index in [0.717, 1.165) is 16.5 Å². The van der Waals surface area contributed by atoms with Crippen LogP contribution < -0.4 is 15.5 Å². The van der Waals surface area contributed by atoms with Gasteiger partial charge < -0.3 is 14.6 Å². The van der Waals surface area contributed by atoms with E-state index in [4.69, 9.17) is 27.9 Å². The minimum atomic E-state index is -0.406. The molecule has 2 N–H and O–H groups in total. The summed E-state index contributed by atoms with van der Waals surface area (Å²) >= 11 is 11.9. The van der Waals surface area contributed by atoms with Gasteiger partial charge in [-0.15, -0.1) is 0 Å². The molecule has 2 amide bonds. The highest BCUT2D eigenvalue weighted by atomic mass is 35.5. The largest absolute Gasteiger partial charge is 0.492 e. The number of benzene rings is 2. The normalized spacial score (nSPS) is 11.3. The van der Waals surface area contributed by atoms with Crippen molar-refractivity contribution in [2.24, 2.45) is 5.10 Å². The van der Waals surface area contributed by atoms with Gasteiger partial charge in [-0.2, -0.15) is 5.10 Å². The van der Waals surface area contributed by atoms with Crippen molar-refractivity contribution in [2.75, 3.05) is 13.2 Å². The number of amides is 2. The van der Waals surface area contributed by atoms with Gasteiger partial charge in [0.05, 0.1) is 24.4 Å². The Balaban J connectivity index is 1.39. The number of aromatic nitrogens is 1. The molecule has 3 aromatic rings. The summed E-state index contributed by atoms with van der Waals surface area (Å²) in [4.78, 5) is 23.9. The summed E-state index contributed by atoms with van der Waals surface area (Å²) in [6.45, 7) is 4.37. The zero-order valence-corrected chi connectivity index (χ0v) is 20.0. The van der Waals surface area contributed by atoms with Crippen LogP contribution in [0.3, 0.4) is 0 Å². The summed E-state index contributed by atoms with van der Waals surface area (Å²) in [6.07, 6.45) is 4.31. The molecule has 0 saturated carbocycles. The van der Waals surface area contributed by atoms with Crippen LogP contribution in [0.1, 0.15) is 38.3 Å². The number of hydrogen-bond acceptors (Lipinski definition) is 4. The molecule has 1 aromatic heterocycles. The molecule has 0 atom stereocenters. The van der Waals surface area contributed by atoms with Crippen LogP contribution in [0.2, 0.25) is 10.0 Å². The summed E-state index contributed by atoms with van der Waals surface area (Å²) in [5.41, 5.74) is 4.46. The van der Waals surface area contributed by atoms with E-state index in [0.29, 0.717) is 34.9 Å². The van der Waals surface area contributed by atoms with Crippen molar-refractivity contribution >= 4 is 52.1 Å². The number of carbonyl (C=O) groups excluding carboxylic acids is 2. The van der Waals surface area contributed by atoms with Gasteiger partial charge in [0, 0.05) is 40.1 Å². The highest BCUT2D eigenvalue weighted by Crippen LogP contribution is 2.27. The molecule has 9 heteroatoms. The van der Waals surface area contributed by atoms with Crippen molar-refractivity contribution in [3.8, 4) is 5.75 Å². The monoisotopic (exact) mass is 488 g/mol. The molecule has 1 heterocycles. The number of rotatable bonds is 10. The molecular formula is C24H26Cl2N4O3. The Morgan fingerprint density at radius 2 is 1.94 bits per heavy atom. The van der Waals surface area contributed by atoms with Crippen LogP contribution in [0.25, 0.3) is 10.9 Å². The standard InChI is InChI=1S/C24H26Cl2N4O3/c1-16(2)30-15-17(19-6-3-4-7-21(19)30)13-28-29-24(32)14-27-23(31)8-5-11-33-22-10-9-18(25)12-20(22)26/h3-4,6-7,9-10,12-13,15-16H,5,8,11,14H2,1-2H3,(H,27,31)(H,29,32)/b28-13-. The molecule has 0 radical (unpaired) electrons. The molecule has 33 heavy (non-hydrogen) atoms. The van der Waals surface area contributed by atoms with Crippen molar-refractivity contribution in [3.05, 3.63) is 64.3 Å². The molecule has 0 aliphatic rings. The maximum Gasteiger partial charge on any atom is 0.259 e. The van der Waals surface area contributed by atoms with Crippen molar-refractivity contribution in [1.29, 1.82) is 0 Å². The summed E-state index contributed by atoms with van der Waals surface area (Å²) < 4.78 is 7.70. The van der Waals surface area contributed by atoms with E-state index in [9.17, 15) is 9.59 Å². The predicted octanol–water partition coefficient (Wildman–Crippen LogP) is 4.95. The average Bonchev–Trinajstić information content (AvgIpc) is 3.15. The quantitative estimate of drug-likeness (QED) is 0.240. The first-order chi connectivity index (χ1) is 15.8. The van der Waals surface area contributed by atoms with Crippen molar-refractivity contribution in [3.63, 3.8) is 0 Å². The van der Waals surface area contributed by atoms with Gasteiger partial charge in [0.25, 0.3) is 5.91 Å². The molecular weight excluding hydrogens is 463 g/mol. The summed E-state index contributed by atoms with van der Waals surface area (Å²) in [6, 6.07) is 13.3. The summed E-state index contributed by atoms with van der Waals surface area (Å²) in [5, 5.41) is 8.60. The van der Waals surface area contributed by atoms with Gasteiger partial charge in [0.1, 0.15) is 5.75 Å². The van der Waals surface area contributed by atoms with Gasteiger partial charge in [0.2, 0.25) is 5.91 Å². The van der Waals surface area contributed by atoms with E-state index in [1.165, 1.54) is 0 Å². The van der Waals surface area contributed by atoms with Gasteiger partial charge in [0.15, 0.2) is 0 Å². The molecule has 0 fully saturated rings. The van der Waals surface area contributed by atoms with E-state index >= 15 is 0 Å². The van der Waals surface area contributed by atoms with E-state index in [1.807, 2.05) is 24.4 Å². The first-order valence-electron chi connectivity index (χ1n) is 10.6. The van der Waals surface area contributed by atoms with Gasteiger partial charge in [-0.05, 0) is 44.5 Å². The number of hydrogen-bond donors (Lipinski definition) is 2. The molecule has 174 valence electrons. The lowest BCUT2D eigenvalue weighted by atomic mass is 10.2. The lowest BCUT2D eigenvalue weighted by Crippen LogP contribution is -2.34. The highest BCUT2D eigenvalue weighted by Gasteiger charge is 2.09. The zero-order valence-electron chi connectivity index (χ0n) is 18.5. The van der Waals surface area contributed by atoms with E-state index in [1.54, 1.807) is 24.4 Å². The maximum atomic E-state index is 12.0. The summed E-state index contributed by atoms with van der Waals surface area (Å²) in [5.74, 6) is -0.147. The number of nitrogens with zero attached hydrogens (tertiary/aromatic N) is 2. The van der Waals surface area contributed by atoms with Crippen LogP contribution in [-0.2, 0) is 9.59 Å². The Morgan fingerprint density at radius 1 is 1.15 bits per heavy atom. The Morgan fingerprint density at radius 3 is 2.70 bits per heavy atom. The minimum Gasteiger partial charge on any atom is -0.492 e. The first-order valence-corrected chi connectivity index (χ1v) is 11.4. The second-order valence-electron chi connectivity index (χ2n) is 7.70. The molecule has 0 aliphatic carbocycles. The molecule has 0 saturated heterocycles. The van der Waals surface area contributed by atoms with Crippen LogP contribution in [0.15, 0.2) is 53.8 Å². The first kappa shape index (κ1) is 24.6. The predicted molar refractivity (Wildman–Crippen MR) is 132 cm³/mol. The third kappa shape index (κ3) is 6.97. The summed E-state index contributed by atoms with van der Waals surface area (Å²) in [7, 11) is 0. The van der Waals surface area contributed by atoms with Crippen LogP contribution in [0.5, 0.6) is 5.75 Å². The number of para-hydroxylation sites is 1. The van der Waals surface area contributed by atoms with Crippen molar-refractivity contribution in [2.45, 2.75) is 32.7 Å². The lowest BCUT2D eigenvalue weighted by Gasteiger charge is -2.08. The van der Waals surface area contributed by atoms with Crippen LogP contribution in [0, 0.1) is 0 Å². The van der Waals surface area contributed by atoms with E-state index in [2.05, 4.69) is 40.3 Å². The van der Waals surface area contributed by atoms with E-state index < -0.39 is 5.91 Å². The van der Waals surface area contributed by atoms with Gasteiger partial charge in [-0.25, -0.2) is 5.43 Å². The number of fused-ring (bicyclic) bond motifs is 1. The number of ether oxygens (including phenoxy) is 1. The third-order valence-electron chi connectivity index (χ3n) is 4.87. The third-order valence-corrected chi connectivity index (χ3v) is 5.40. The minimum absolute atomic E-state index is 0.159. The molecule has 0 spiro atoms. The van der Waals surface area contributed by atoms with E-state index in [-0.39, 0.29) is 18.9 Å². The number of halogens is 2. The van der Waals surface area contributed by atoms with Crippen molar-refractivity contribution < 1.29 is 14.3 Å². The average molecular weight is 489 g/mol. The molecule has 0 bridgehead atoms. The Labute approximate surface area is 202 Å². The zero-order chi connectivity index (χ0) is 23.8. The Bertz CT molecular complexity index is 1160. The topological polar surface area (TPSA) is 84.7 Å². The second-order valence-corrected chi connectivity index (χ2v) is 8.54. The van der Waals surface area contributed by atoms with Gasteiger partial charge >= 0.3 is 0 Å². The fourth-order valence-electron chi connectivity index (χ4n) is 3.25. The fraction of sp³-hybridized carbons (Fsp3) is 0.292. The van der Waals surface area contributed by atoms with Crippen LogP contribution in [0.4, 0.5) is 0 Å². The SMILES string of the molecule is CC(C)n1cc(/C=N\NC(=O)CNC(=O)CCCOc2ccc(Cl)cc2Cl)c2ccccc21. The molecule has 3 rings (SSSR count). The number of carbonyl (C=O) groups is 2. The fourth-order valence-corrected chi connectivity index (χ4v) is 3.71. The number of hydrazone groups is 1. The van der Waals surface area contributed by atoms with Gasteiger partial charge in [-0.1, -0.05) is 41.4 Å². The van der Waals surface area contributed by atoms with Crippen molar-refractivity contribution in [1.82, 2.24) is 15.3 Å². The Kier molecular flexibility index (Phi) is 8.74. The van der Waals surface area contributed by atoms with Gasteiger partial charge in [-0.3, -0.25) is 9.59 Å². The smallest absolute Gasteiger partial charge is 0.259 e. The molecule has 0 aliphatic heterocycles. The molecule has 2 aromatic carbocycles. The Hall–Kier alpha value is -3.03. The molecule has 0 unspecified atom stereocenters. The lowest BCUT2D eigenvalue weighted by molar-refractivity contribution is -0.126. The maximum absolute atomic E-state index is 12.0.